The second-order valence-corrected chi connectivity index (χ2v) is 9.22. The molecule has 2 atom stereocenters. The maximum absolute atomic E-state index is 13.8. The highest BCUT2D eigenvalue weighted by Gasteiger charge is 2.48. The van der Waals surface area contributed by atoms with Gasteiger partial charge >= 0.3 is 0 Å². The Labute approximate surface area is 172 Å². The molecule has 0 radical (unpaired) electrons. The fourth-order valence-electron chi connectivity index (χ4n) is 5.40. The standard InChI is InChI=1S/C23H31FN4O/c1-16-12-17(2)27(25-16)11-9-22(29)26-10-8-21-18(15-26)14-23(3,4)28(21)20-7-5-6-19(24)13-20/h5-7,12-13,18,21H,8-11,14-15H2,1-4H3/t18-,21+/m1/s1. The topological polar surface area (TPSA) is 41.4 Å². The molecule has 2 aromatic rings. The molecule has 4 rings (SSSR count). The highest BCUT2D eigenvalue weighted by Crippen LogP contribution is 2.44. The largest absolute Gasteiger partial charge is 0.363 e. The third-order valence-electron chi connectivity index (χ3n) is 6.52. The van der Waals surface area contributed by atoms with Crippen molar-refractivity contribution in [3.05, 3.63) is 47.5 Å². The van der Waals surface area contributed by atoms with E-state index in [0.29, 0.717) is 24.9 Å². The number of rotatable bonds is 4. The van der Waals surface area contributed by atoms with Crippen LogP contribution in [-0.4, -0.2) is 45.3 Å². The van der Waals surface area contributed by atoms with Crippen LogP contribution >= 0.6 is 0 Å². The molecule has 29 heavy (non-hydrogen) atoms. The van der Waals surface area contributed by atoms with E-state index in [9.17, 15) is 9.18 Å². The van der Waals surface area contributed by atoms with Gasteiger partial charge in [0.15, 0.2) is 0 Å². The Morgan fingerprint density at radius 1 is 1.28 bits per heavy atom. The SMILES string of the molecule is Cc1cc(C)n(CCC(=O)N2CC[C@H]3[C@@H](C2)CC(C)(C)N3c2cccc(F)c2)n1. The van der Waals surface area contributed by atoms with E-state index in [-0.39, 0.29) is 17.3 Å². The van der Waals surface area contributed by atoms with E-state index in [1.807, 2.05) is 35.6 Å². The average molecular weight is 399 g/mol. The lowest BCUT2D eigenvalue weighted by Crippen LogP contribution is -2.50. The van der Waals surface area contributed by atoms with Crippen molar-refractivity contribution in [1.82, 2.24) is 14.7 Å². The molecule has 0 bridgehead atoms. The first-order valence-corrected chi connectivity index (χ1v) is 10.6. The first-order chi connectivity index (χ1) is 13.7. The molecule has 0 aliphatic carbocycles. The van der Waals surface area contributed by atoms with Gasteiger partial charge in [-0.1, -0.05) is 6.07 Å². The number of amides is 1. The Morgan fingerprint density at radius 3 is 2.76 bits per heavy atom. The summed E-state index contributed by atoms with van der Waals surface area (Å²) in [5.41, 5.74) is 2.98. The van der Waals surface area contributed by atoms with Crippen LogP contribution in [0.25, 0.3) is 0 Å². The van der Waals surface area contributed by atoms with Gasteiger partial charge in [-0.3, -0.25) is 9.48 Å². The van der Waals surface area contributed by atoms with Crippen molar-refractivity contribution < 1.29 is 9.18 Å². The van der Waals surface area contributed by atoms with Crippen LogP contribution in [0.3, 0.4) is 0 Å². The molecule has 5 nitrogen and oxygen atoms in total. The highest BCUT2D eigenvalue weighted by molar-refractivity contribution is 5.76. The van der Waals surface area contributed by atoms with Gasteiger partial charge in [0.25, 0.3) is 0 Å². The molecule has 2 saturated heterocycles. The molecule has 1 aromatic carbocycles. The number of piperidine rings is 1. The first-order valence-electron chi connectivity index (χ1n) is 10.6. The number of aromatic nitrogens is 2. The van der Waals surface area contributed by atoms with E-state index in [1.165, 1.54) is 6.07 Å². The molecule has 2 fully saturated rings. The molecule has 2 aliphatic rings. The highest BCUT2D eigenvalue weighted by atomic mass is 19.1. The number of fused-ring (bicyclic) bond motifs is 1. The van der Waals surface area contributed by atoms with Crippen LogP contribution in [0.5, 0.6) is 0 Å². The minimum Gasteiger partial charge on any atom is -0.363 e. The van der Waals surface area contributed by atoms with Crippen LogP contribution in [-0.2, 0) is 11.3 Å². The van der Waals surface area contributed by atoms with Crippen molar-refractivity contribution in [2.24, 2.45) is 5.92 Å². The van der Waals surface area contributed by atoms with E-state index < -0.39 is 0 Å². The number of likely N-dealkylation sites (tertiary alicyclic amines) is 1. The van der Waals surface area contributed by atoms with E-state index in [1.54, 1.807) is 12.1 Å². The average Bonchev–Trinajstić information content (AvgIpc) is 3.12. The van der Waals surface area contributed by atoms with E-state index in [2.05, 4.69) is 23.8 Å². The van der Waals surface area contributed by atoms with Crippen LogP contribution in [0, 0.1) is 25.6 Å². The summed E-state index contributed by atoms with van der Waals surface area (Å²) >= 11 is 0. The number of halogens is 1. The maximum Gasteiger partial charge on any atom is 0.224 e. The number of carbonyl (C=O) groups is 1. The van der Waals surface area contributed by atoms with Gasteiger partial charge < -0.3 is 9.80 Å². The summed E-state index contributed by atoms with van der Waals surface area (Å²) in [6, 6.07) is 9.30. The van der Waals surface area contributed by atoms with Gasteiger partial charge in [0, 0.05) is 49.0 Å². The second-order valence-electron chi connectivity index (χ2n) is 9.22. The zero-order chi connectivity index (χ0) is 20.8. The van der Waals surface area contributed by atoms with Crippen LogP contribution in [0.15, 0.2) is 30.3 Å². The monoisotopic (exact) mass is 398 g/mol. The molecule has 6 heteroatoms. The number of aryl methyl sites for hydroxylation is 3. The fraction of sp³-hybridized carbons (Fsp3) is 0.565. The molecule has 3 heterocycles. The summed E-state index contributed by atoms with van der Waals surface area (Å²) in [5, 5.41) is 4.46. The van der Waals surface area contributed by atoms with Gasteiger partial charge in [-0.05, 0) is 70.7 Å². The molecular weight excluding hydrogens is 367 g/mol. The molecule has 0 spiro atoms. The Kier molecular flexibility index (Phi) is 5.13. The smallest absolute Gasteiger partial charge is 0.224 e. The predicted octanol–water partition coefficient (Wildman–Crippen LogP) is 3.94. The number of hydrogen-bond acceptors (Lipinski definition) is 3. The number of benzene rings is 1. The number of hydrogen-bond donors (Lipinski definition) is 0. The number of carbonyl (C=O) groups excluding carboxylic acids is 1. The molecular formula is C23H31FN4O. The summed E-state index contributed by atoms with van der Waals surface area (Å²) in [4.78, 5) is 17.3. The summed E-state index contributed by atoms with van der Waals surface area (Å²) < 4.78 is 15.8. The number of anilines is 1. The van der Waals surface area contributed by atoms with E-state index in [0.717, 1.165) is 43.0 Å². The molecule has 1 amide bonds. The first kappa shape index (κ1) is 19.9. The summed E-state index contributed by atoms with van der Waals surface area (Å²) in [6.45, 7) is 10.6. The quantitative estimate of drug-likeness (QED) is 0.783. The van der Waals surface area contributed by atoms with Crippen molar-refractivity contribution in [3.8, 4) is 0 Å². The van der Waals surface area contributed by atoms with Crippen LogP contribution in [0.2, 0.25) is 0 Å². The van der Waals surface area contributed by atoms with Crippen molar-refractivity contribution in [3.63, 3.8) is 0 Å². The molecule has 0 unspecified atom stereocenters. The zero-order valence-electron chi connectivity index (χ0n) is 17.9. The molecule has 0 saturated carbocycles. The molecule has 1 aromatic heterocycles. The van der Waals surface area contributed by atoms with Gasteiger partial charge in [-0.25, -0.2) is 4.39 Å². The minimum atomic E-state index is -0.196. The van der Waals surface area contributed by atoms with Crippen LogP contribution in [0.1, 0.15) is 44.5 Å². The number of nitrogens with zero attached hydrogens (tertiary/aromatic N) is 4. The maximum atomic E-state index is 13.8. The predicted molar refractivity (Wildman–Crippen MR) is 112 cm³/mol. The zero-order valence-corrected chi connectivity index (χ0v) is 17.9. The lowest BCUT2D eigenvalue weighted by atomic mass is 9.89. The lowest BCUT2D eigenvalue weighted by Gasteiger charge is -2.42. The Balaban J connectivity index is 1.42. The summed E-state index contributed by atoms with van der Waals surface area (Å²) in [5.74, 6) is 0.427. The fourth-order valence-corrected chi connectivity index (χ4v) is 5.40. The second kappa shape index (κ2) is 7.47. The molecule has 156 valence electrons. The third-order valence-corrected chi connectivity index (χ3v) is 6.52. The molecule has 0 N–H and O–H groups in total. The lowest BCUT2D eigenvalue weighted by molar-refractivity contribution is -0.133. The van der Waals surface area contributed by atoms with Crippen LogP contribution < -0.4 is 4.90 Å². The van der Waals surface area contributed by atoms with Gasteiger partial charge in [0.05, 0.1) is 5.69 Å². The van der Waals surface area contributed by atoms with Crippen molar-refractivity contribution in [1.29, 1.82) is 0 Å². The van der Waals surface area contributed by atoms with Crippen molar-refractivity contribution >= 4 is 11.6 Å². The van der Waals surface area contributed by atoms with Crippen LogP contribution in [0.4, 0.5) is 10.1 Å². The van der Waals surface area contributed by atoms with E-state index in [4.69, 9.17) is 0 Å². The van der Waals surface area contributed by atoms with Crippen molar-refractivity contribution in [2.75, 3.05) is 18.0 Å². The van der Waals surface area contributed by atoms with Gasteiger partial charge in [0.1, 0.15) is 5.82 Å². The van der Waals surface area contributed by atoms with Gasteiger partial charge in [-0.2, -0.15) is 5.10 Å². The van der Waals surface area contributed by atoms with Gasteiger partial charge in [-0.15, -0.1) is 0 Å². The molecule has 2 aliphatic heterocycles. The van der Waals surface area contributed by atoms with Crippen molar-refractivity contribution in [2.45, 2.75) is 65.1 Å². The Morgan fingerprint density at radius 2 is 2.07 bits per heavy atom. The summed E-state index contributed by atoms with van der Waals surface area (Å²) in [7, 11) is 0. The Hall–Kier alpha value is -2.37. The third kappa shape index (κ3) is 3.89. The Bertz CT molecular complexity index is 906. The summed E-state index contributed by atoms with van der Waals surface area (Å²) in [6.07, 6.45) is 2.42. The van der Waals surface area contributed by atoms with E-state index >= 15 is 0 Å². The van der Waals surface area contributed by atoms with Gasteiger partial charge in [0.2, 0.25) is 5.91 Å². The minimum absolute atomic E-state index is 0.0497. The normalized spacial score (nSPS) is 23.3.